The van der Waals surface area contributed by atoms with Crippen molar-refractivity contribution < 1.29 is 0 Å². The highest BCUT2D eigenvalue weighted by molar-refractivity contribution is 5.23. The van der Waals surface area contributed by atoms with Crippen LogP contribution in [0.5, 0.6) is 0 Å². The Morgan fingerprint density at radius 1 is 1.24 bits per heavy atom. The van der Waals surface area contributed by atoms with Crippen molar-refractivity contribution >= 4 is 0 Å². The Bertz CT molecular complexity index is 470. The Morgan fingerprint density at radius 2 is 2.00 bits per heavy atom. The summed E-state index contributed by atoms with van der Waals surface area (Å²) < 4.78 is 0. The van der Waals surface area contributed by atoms with Crippen LogP contribution in [0.4, 0.5) is 0 Å². The van der Waals surface area contributed by atoms with Gasteiger partial charge >= 0.3 is 0 Å². The van der Waals surface area contributed by atoms with Gasteiger partial charge in [0.1, 0.15) is 0 Å². The standard InChI is InChI=1S/C13H16N4/c1-10-6-12(9-16-8-10)13(17-14)7-11-2-4-15-5-3-11/h2-6,8-9,13,17H,7,14H2,1H3. The molecule has 0 aliphatic carbocycles. The maximum absolute atomic E-state index is 5.61. The fraction of sp³-hybridized carbons (Fsp3) is 0.231. The Morgan fingerprint density at radius 3 is 2.65 bits per heavy atom. The first-order chi connectivity index (χ1) is 8.29. The van der Waals surface area contributed by atoms with E-state index in [9.17, 15) is 0 Å². The summed E-state index contributed by atoms with van der Waals surface area (Å²) in [5, 5.41) is 0. The molecule has 17 heavy (non-hydrogen) atoms. The molecule has 4 nitrogen and oxygen atoms in total. The van der Waals surface area contributed by atoms with Gasteiger partial charge < -0.3 is 0 Å². The second-order valence-electron chi connectivity index (χ2n) is 4.07. The molecule has 2 heterocycles. The maximum Gasteiger partial charge on any atom is 0.0515 e. The van der Waals surface area contributed by atoms with Crippen LogP contribution in [0, 0.1) is 6.92 Å². The quantitative estimate of drug-likeness (QED) is 0.615. The lowest BCUT2D eigenvalue weighted by molar-refractivity contribution is 0.549. The van der Waals surface area contributed by atoms with Crippen molar-refractivity contribution in [3.8, 4) is 0 Å². The predicted molar refractivity (Wildman–Crippen MR) is 67.0 cm³/mol. The van der Waals surface area contributed by atoms with Crippen LogP contribution in [-0.4, -0.2) is 9.97 Å². The van der Waals surface area contributed by atoms with Crippen molar-refractivity contribution in [3.63, 3.8) is 0 Å². The van der Waals surface area contributed by atoms with Crippen molar-refractivity contribution in [1.29, 1.82) is 0 Å². The van der Waals surface area contributed by atoms with Gasteiger partial charge in [-0.3, -0.25) is 21.2 Å². The summed E-state index contributed by atoms with van der Waals surface area (Å²) in [7, 11) is 0. The third-order valence-corrected chi connectivity index (χ3v) is 2.69. The monoisotopic (exact) mass is 228 g/mol. The first-order valence-corrected chi connectivity index (χ1v) is 5.56. The fourth-order valence-electron chi connectivity index (χ4n) is 1.80. The lowest BCUT2D eigenvalue weighted by atomic mass is 10.0. The van der Waals surface area contributed by atoms with E-state index in [0.717, 1.165) is 17.5 Å². The average Bonchev–Trinajstić information content (AvgIpc) is 2.37. The van der Waals surface area contributed by atoms with E-state index >= 15 is 0 Å². The van der Waals surface area contributed by atoms with Crippen molar-refractivity contribution in [2.45, 2.75) is 19.4 Å². The zero-order chi connectivity index (χ0) is 12.1. The molecule has 1 unspecified atom stereocenters. The van der Waals surface area contributed by atoms with Crippen LogP contribution in [-0.2, 0) is 6.42 Å². The van der Waals surface area contributed by atoms with E-state index in [0.29, 0.717) is 0 Å². The van der Waals surface area contributed by atoms with Crippen LogP contribution in [0.25, 0.3) is 0 Å². The zero-order valence-corrected chi connectivity index (χ0v) is 9.80. The second kappa shape index (κ2) is 5.52. The van der Waals surface area contributed by atoms with Gasteiger partial charge in [0, 0.05) is 24.8 Å². The Kier molecular flexibility index (Phi) is 3.80. The van der Waals surface area contributed by atoms with Crippen molar-refractivity contribution in [2.24, 2.45) is 5.84 Å². The van der Waals surface area contributed by atoms with E-state index < -0.39 is 0 Å². The van der Waals surface area contributed by atoms with Crippen LogP contribution in [0.3, 0.4) is 0 Å². The van der Waals surface area contributed by atoms with Crippen LogP contribution in [0.1, 0.15) is 22.7 Å². The molecule has 0 radical (unpaired) electrons. The van der Waals surface area contributed by atoms with Gasteiger partial charge in [0.15, 0.2) is 0 Å². The molecule has 0 saturated carbocycles. The summed E-state index contributed by atoms with van der Waals surface area (Å²) in [6.45, 7) is 2.02. The van der Waals surface area contributed by atoms with Gasteiger partial charge in [-0.05, 0) is 42.2 Å². The first kappa shape index (κ1) is 11.7. The van der Waals surface area contributed by atoms with Gasteiger partial charge in [-0.15, -0.1) is 0 Å². The molecule has 2 rings (SSSR count). The van der Waals surface area contributed by atoms with E-state index in [-0.39, 0.29) is 6.04 Å². The molecule has 0 aliphatic heterocycles. The smallest absolute Gasteiger partial charge is 0.0515 e. The number of hydrogen-bond acceptors (Lipinski definition) is 4. The SMILES string of the molecule is Cc1cncc(C(Cc2ccncc2)NN)c1. The van der Waals surface area contributed by atoms with Crippen LogP contribution < -0.4 is 11.3 Å². The summed E-state index contributed by atoms with van der Waals surface area (Å²) in [4.78, 5) is 8.19. The minimum Gasteiger partial charge on any atom is -0.271 e. The largest absolute Gasteiger partial charge is 0.271 e. The zero-order valence-electron chi connectivity index (χ0n) is 9.80. The van der Waals surface area contributed by atoms with Gasteiger partial charge in [0.05, 0.1) is 6.04 Å². The molecule has 0 amide bonds. The predicted octanol–water partition coefficient (Wildman–Crippen LogP) is 1.53. The molecule has 2 aromatic rings. The lowest BCUT2D eigenvalue weighted by Gasteiger charge is -2.16. The molecule has 0 fully saturated rings. The average molecular weight is 228 g/mol. The number of nitrogens with one attached hydrogen (secondary N) is 1. The molecular formula is C13H16N4. The highest BCUT2D eigenvalue weighted by Crippen LogP contribution is 2.17. The van der Waals surface area contributed by atoms with E-state index in [4.69, 9.17) is 5.84 Å². The molecule has 0 bridgehead atoms. The molecule has 1 atom stereocenters. The normalized spacial score (nSPS) is 12.4. The highest BCUT2D eigenvalue weighted by atomic mass is 15.2. The number of hydrazine groups is 1. The summed E-state index contributed by atoms with van der Waals surface area (Å²) in [5.74, 6) is 5.61. The van der Waals surface area contributed by atoms with Gasteiger partial charge in [0.2, 0.25) is 0 Å². The van der Waals surface area contributed by atoms with Gasteiger partial charge in [-0.2, -0.15) is 0 Å². The van der Waals surface area contributed by atoms with E-state index in [1.807, 2.05) is 31.5 Å². The molecule has 88 valence electrons. The molecule has 0 aliphatic rings. The number of rotatable bonds is 4. The second-order valence-corrected chi connectivity index (χ2v) is 4.07. The number of aromatic nitrogens is 2. The highest BCUT2D eigenvalue weighted by Gasteiger charge is 2.10. The third-order valence-electron chi connectivity index (χ3n) is 2.69. The Balaban J connectivity index is 2.17. The van der Waals surface area contributed by atoms with Gasteiger partial charge in [-0.1, -0.05) is 6.07 Å². The van der Waals surface area contributed by atoms with E-state index in [1.54, 1.807) is 12.4 Å². The molecule has 4 heteroatoms. The molecule has 3 N–H and O–H groups in total. The molecule has 0 aromatic carbocycles. The molecule has 0 spiro atoms. The third kappa shape index (κ3) is 3.09. The Hall–Kier alpha value is -1.78. The van der Waals surface area contributed by atoms with E-state index in [2.05, 4.69) is 21.5 Å². The summed E-state index contributed by atoms with van der Waals surface area (Å²) in [6.07, 6.45) is 8.08. The van der Waals surface area contributed by atoms with Crippen LogP contribution >= 0.6 is 0 Å². The molecule has 2 aromatic heterocycles. The topological polar surface area (TPSA) is 63.8 Å². The molecular weight excluding hydrogens is 212 g/mol. The number of hydrogen-bond donors (Lipinski definition) is 2. The van der Waals surface area contributed by atoms with Crippen molar-refractivity contribution in [1.82, 2.24) is 15.4 Å². The van der Waals surface area contributed by atoms with Crippen LogP contribution in [0.2, 0.25) is 0 Å². The summed E-state index contributed by atoms with van der Waals surface area (Å²) in [6, 6.07) is 6.16. The number of aryl methyl sites for hydroxylation is 1. The van der Waals surface area contributed by atoms with Crippen LogP contribution in [0.15, 0.2) is 43.0 Å². The minimum atomic E-state index is 0.0739. The van der Waals surface area contributed by atoms with Crippen molar-refractivity contribution in [2.75, 3.05) is 0 Å². The lowest BCUT2D eigenvalue weighted by Crippen LogP contribution is -2.29. The number of nitrogens with zero attached hydrogens (tertiary/aromatic N) is 2. The van der Waals surface area contributed by atoms with Gasteiger partial charge in [0.25, 0.3) is 0 Å². The summed E-state index contributed by atoms with van der Waals surface area (Å²) in [5.41, 5.74) is 6.27. The number of nitrogens with two attached hydrogens (primary N) is 1. The minimum absolute atomic E-state index is 0.0739. The van der Waals surface area contributed by atoms with Crippen molar-refractivity contribution in [3.05, 3.63) is 59.7 Å². The Labute approximate surface area is 101 Å². The molecule has 0 saturated heterocycles. The van der Waals surface area contributed by atoms with Gasteiger partial charge in [-0.25, -0.2) is 0 Å². The fourth-order valence-corrected chi connectivity index (χ4v) is 1.80. The number of pyridine rings is 2. The first-order valence-electron chi connectivity index (χ1n) is 5.56. The van der Waals surface area contributed by atoms with E-state index in [1.165, 1.54) is 5.56 Å². The maximum atomic E-state index is 5.61. The summed E-state index contributed by atoms with van der Waals surface area (Å²) >= 11 is 0.